The highest BCUT2D eigenvalue weighted by atomic mass is 16.5. The van der Waals surface area contributed by atoms with Crippen molar-refractivity contribution >= 4 is 11.9 Å². The van der Waals surface area contributed by atoms with Crippen LogP contribution >= 0.6 is 0 Å². The van der Waals surface area contributed by atoms with E-state index < -0.39 is 0 Å². The maximum Gasteiger partial charge on any atom is 0.337 e. The van der Waals surface area contributed by atoms with Crippen molar-refractivity contribution in [3.63, 3.8) is 0 Å². The summed E-state index contributed by atoms with van der Waals surface area (Å²) in [5.74, 6) is -0.420. The SMILES string of the molecule is COC(=O)c1ccc2c(c1)C(NC(=O)c1c(C)cccc1C)CC2. The molecule has 0 saturated carbocycles. The monoisotopic (exact) mass is 323 g/mol. The molecule has 0 aromatic heterocycles. The molecule has 0 saturated heterocycles. The van der Waals surface area contributed by atoms with Crippen molar-refractivity contribution in [2.24, 2.45) is 0 Å². The topological polar surface area (TPSA) is 55.4 Å². The average Bonchev–Trinajstić information content (AvgIpc) is 2.96. The van der Waals surface area contributed by atoms with Crippen LogP contribution in [0.5, 0.6) is 0 Å². The molecular weight excluding hydrogens is 302 g/mol. The molecule has 1 unspecified atom stereocenters. The first kappa shape index (κ1) is 16.2. The number of amides is 1. The van der Waals surface area contributed by atoms with Crippen LogP contribution in [0.2, 0.25) is 0 Å². The Hall–Kier alpha value is -2.62. The number of carbonyl (C=O) groups excluding carboxylic acids is 2. The molecule has 0 spiro atoms. The highest BCUT2D eigenvalue weighted by molar-refractivity contribution is 5.97. The number of esters is 1. The Kier molecular flexibility index (Phi) is 4.38. The average molecular weight is 323 g/mol. The summed E-state index contributed by atoms with van der Waals surface area (Å²) in [6.07, 6.45) is 1.74. The fourth-order valence-electron chi connectivity index (χ4n) is 3.40. The van der Waals surface area contributed by atoms with Crippen molar-refractivity contribution in [3.05, 3.63) is 69.8 Å². The summed E-state index contributed by atoms with van der Waals surface area (Å²) in [6.45, 7) is 3.89. The number of hydrogen-bond acceptors (Lipinski definition) is 3. The van der Waals surface area contributed by atoms with Crippen LogP contribution in [0.4, 0.5) is 0 Å². The van der Waals surface area contributed by atoms with E-state index in [-0.39, 0.29) is 17.9 Å². The molecule has 124 valence electrons. The molecule has 4 heteroatoms. The van der Waals surface area contributed by atoms with Gasteiger partial charge in [-0.3, -0.25) is 4.79 Å². The molecule has 0 aliphatic heterocycles. The van der Waals surface area contributed by atoms with Crippen LogP contribution in [-0.2, 0) is 11.2 Å². The second-order valence-electron chi connectivity index (χ2n) is 6.24. The number of rotatable bonds is 3. The van der Waals surface area contributed by atoms with E-state index in [0.29, 0.717) is 5.56 Å². The first-order valence-electron chi connectivity index (χ1n) is 8.09. The second kappa shape index (κ2) is 6.48. The van der Waals surface area contributed by atoms with Crippen molar-refractivity contribution < 1.29 is 14.3 Å². The lowest BCUT2D eigenvalue weighted by Gasteiger charge is -2.17. The molecule has 2 aromatic rings. The molecule has 1 aliphatic carbocycles. The van der Waals surface area contributed by atoms with Crippen LogP contribution in [0.15, 0.2) is 36.4 Å². The first-order valence-corrected chi connectivity index (χ1v) is 8.09. The quantitative estimate of drug-likeness (QED) is 0.880. The van der Waals surface area contributed by atoms with Gasteiger partial charge in [0.25, 0.3) is 5.91 Å². The smallest absolute Gasteiger partial charge is 0.337 e. The number of carbonyl (C=O) groups is 2. The minimum absolute atomic E-state index is 0.0630. The Labute approximate surface area is 141 Å². The molecule has 0 radical (unpaired) electrons. The van der Waals surface area contributed by atoms with Gasteiger partial charge in [-0.2, -0.15) is 0 Å². The molecule has 1 N–H and O–H groups in total. The Morgan fingerprint density at radius 1 is 1.12 bits per heavy atom. The maximum atomic E-state index is 12.7. The Morgan fingerprint density at radius 2 is 1.83 bits per heavy atom. The van der Waals surface area contributed by atoms with E-state index in [1.54, 1.807) is 6.07 Å². The van der Waals surface area contributed by atoms with Gasteiger partial charge in [0.05, 0.1) is 18.7 Å². The van der Waals surface area contributed by atoms with Crippen molar-refractivity contribution in [1.29, 1.82) is 0 Å². The number of hydrogen-bond donors (Lipinski definition) is 1. The predicted octanol–water partition coefficient (Wildman–Crippen LogP) is 3.51. The first-order chi connectivity index (χ1) is 11.5. The molecule has 1 aliphatic rings. The lowest BCUT2D eigenvalue weighted by atomic mass is 10.0. The van der Waals surface area contributed by atoms with Crippen molar-refractivity contribution in [1.82, 2.24) is 5.32 Å². The Bertz CT molecular complexity index is 790. The molecule has 0 bridgehead atoms. The van der Waals surface area contributed by atoms with E-state index >= 15 is 0 Å². The number of fused-ring (bicyclic) bond motifs is 1. The van der Waals surface area contributed by atoms with E-state index in [9.17, 15) is 9.59 Å². The Morgan fingerprint density at radius 3 is 2.50 bits per heavy atom. The van der Waals surface area contributed by atoms with Crippen LogP contribution < -0.4 is 5.32 Å². The van der Waals surface area contributed by atoms with E-state index in [0.717, 1.165) is 35.1 Å². The predicted molar refractivity (Wildman–Crippen MR) is 92.2 cm³/mol. The fraction of sp³-hybridized carbons (Fsp3) is 0.300. The molecule has 1 atom stereocenters. The Balaban J connectivity index is 1.86. The van der Waals surface area contributed by atoms with Gasteiger partial charge in [0.1, 0.15) is 0 Å². The van der Waals surface area contributed by atoms with Gasteiger partial charge >= 0.3 is 5.97 Å². The molecule has 1 amide bonds. The zero-order valence-corrected chi connectivity index (χ0v) is 14.2. The summed E-state index contributed by atoms with van der Waals surface area (Å²) in [5.41, 5.74) is 5.37. The van der Waals surface area contributed by atoms with Gasteiger partial charge in [-0.1, -0.05) is 24.3 Å². The molecule has 0 heterocycles. The normalized spacial score (nSPS) is 15.7. The zero-order valence-electron chi connectivity index (χ0n) is 14.2. The lowest BCUT2D eigenvalue weighted by Crippen LogP contribution is -2.28. The molecule has 24 heavy (non-hydrogen) atoms. The van der Waals surface area contributed by atoms with Crippen molar-refractivity contribution in [2.75, 3.05) is 7.11 Å². The van der Waals surface area contributed by atoms with E-state index in [2.05, 4.69) is 5.32 Å². The van der Waals surface area contributed by atoms with E-state index in [1.807, 2.05) is 44.2 Å². The highest BCUT2D eigenvalue weighted by Crippen LogP contribution is 2.32. The van der Waals surface area contributed by atoms with Gasteiger partial charge in [0.2, 0.25) is 0 Å². The number of ether oxygens (including phenoxy) is 1. The number of aryl methyl sites for hydroxylation is 3. The highest BCUT2D eigenvalue weighted by Gasteiger charge is 2.26. The van der Waals surface area contributed by atoms with Crippen molar-refractivity contribution in [3.8, 4) is 0 Å². The summed E-state index contributed by atoms with van der Waals surface area (Å²) in [7, 11) is 1.37. The van der Waals surface area contributed by atoms with Crippen LogP contribution in [0.3, 0.4) is 0 Å². The number of benzene rings is 2. The lowest BCUT2D eigenvalue weighted by molar-refractivity contribution is 0.0600. The van der Waals surface area contributed by atoms with Gasteiger partial charge in [0, 0.05) is 5.56 Å². The van der Waals surface area contributed by atoms with Crippen LogP contribution in [0.25, 0.3) is 0 Å². The van der Waals surface area contributed by atoms with E-state index in [1.165, 1.54) is 12.7 Å². The molecule has 3 rings (SSSR count). The van der Waals surface area contributed by atoms with Crippen LogP contribution in [0.1, 0.15) is 55.4 Å². The fourth-order valence-corrected chi connectivity index (χ4v) is 3.40. The standard InChI is InChI=1S/C20H21NO3/c1-12-5-4-6-13(2)18(12)19(22)21-17-10-9-14-7-8-15(11-16(14)17)20(23)24-3/h4-8,11,17H,9-10H2,1-3H3,(H,21,22). The minimum Gasteiger partial charge on any atom is -0.465 e. The molecular formula is C20H21NO3. The third-order valence-corrected chi connectivity index (χ3v) is 4.66. The third-order valence-electron chi connectivity index (χ3n) is 4.66. The molecule has 4 nitrogen and oxygen atoms in total. The minimum atomic E-state index is -0.357. The summed E-state index contributed by atoms with van der Waals surface area (Å²) >= 11 is 0. The zero-order chi connectivity index (χ0) is 17.3. The summed E-state index contributed by atoms with van der Waals surface area (Å²) in [5, 5.41) is 3.13. The summed E-state index contributed by atoms with van der Waals surface area (Å²) in [6, 6.07) is 11.3. The summed E-state index contributed by atoms with van der Waals surface area (Å²) < 4.78 is 4.79. The van der Waals surface area contributed by atoms with Crippen molar-refractivity contribution in [2.45, 2.75) is 32.7 Å². The number of methoxy groups -OCH3 is 1. The van der Waals surface area contributed by atoms with Gasteiger partial charge in [-0.05, 0) is 61.1 Å². The molecule has 0 fully saturated rings. The van der Waals surface area contributed by atoms with Crippen LogP contribution in [-0.4, -0.2) is 19.0 Å². The van der Waals surface area contributed by atoms with Gasteiger partial charge in [-0.25, -0.2) is 4.79 Å². The second-order valence-corrected chi connectivity index (χ2v) is 6.24. The molecule has 2 aromatic carbocycles. The maximum absolute atomic E-state index is 12.7. The van der Waals surface area contributed by atoms with Gasteiger partial charge < -0.3 is 10.1 Å². The summed E-state index contributed by atoms with van der Waals surface area (Å²) in [4.78, 5) is 24.5. The number of nitrogens with one attached hydrogen (secondary N) is 1. The van der Waals surface area contributed by atoms with Crippen LogP contribution in [0, 0.1) is 13.8 Å². The van der Waals surface area contributed by atoms with Gasteiger partial charge in [-0.15, -0.1) is 0 Å². The van der Waals surface area contributed by atoms with Gasteiger partial charge in [0.15, 0.2) is 0 Å². The third kappa shape index (κ3) is 2.92. The largest absolute Gasteiger partial charge is 0.465 e. The van der Waals surface area contributed by atoms with E-state index in [4.69, 9.17) is 4.74 Å².